The van der Waals surface area contributed by atoms with E-state index in [-0.39, 0.29) is 5.91 Å². The highest BCUT2D eigenvalue weighted by Gasteiger charge is 2.19. The number of fused-ring (bicyclic) bond motifs is 1. The van der Waals surface area contributed by atoms with E-state index < -0.39 is 0 Å². The Morgan fingerprint density at radius 2 is 2.30 bits per heavy atom. The summed E-state index contributed by atoms with van der Waals surface area (Å²) >= 11 is 0. The molecule has 1 aliphatic carbocycles. The lowest BCUT2D eigenvalue weighted by Gasteiger charge is -2.25. The molecule has 4 heteroatoms. The van der Waals surface area contributed by atoms with Gasteiger partial charge in [0.15, 0.2) is 0 Å². The van der Waals surface area contributed by atoms with Crippen molar-refractivity contribution in [3.63, 3.8) is 0 Å². The lowest BCUT2D eigenvalue weighted by atomic mass is 9.87. The summed E-state index contributed by atoms with van der Waals surface area (Å²) in [5.74, 6) is 0.897. The van der Waals surface area contributed by atoms with E-state index in [2.05, 4.69) is 22.8 Å². The van der Waals surface area contributed by atoms with Crippen molar-refractivity contribution < 1.29 is 9.53 Å². The Bertz CT molecular complexity index is 460. The zero-order chi connectivity index (χ0) is 14.4. The van der Waals surface area contributed by atoms with Gasteiger partial charge in [-0.3, -0.25) is 4.79 Å². The molecule has 0 saturated carbocycles. The molecule has 2 rings (SSSR count). The molecule has 0 saturated heterocycles. The Kier molecular flexibility index (Phi) is 5.41. The first-order valence-electron chi connectivity index (χ1n) is 7.44. The van der Waals surface area contributed by atoms with Crippen LogP contribution in [0.3, 0.4) is 0 Å². The molecular formula is C16H24N2O2. The van der Waals surface area contributed by atoms with E-state index in [1.165, 1.54) is 24.0 Å². The third-order valence-corrected chi connectivity index (χ3v) is 3.75. The van der Waals surface area contributed by atoms with Crippen LogP contribution in [0.1, 0.15) is 43.4 Å². The highest BCUT2D eigenvalue weighted by Crippen LogP contribution is 2.32. The van der Waals surface area contributed by atoms with Crippen LogP contribution in [0, 0.1) is 0 Å². The Labute approximate surface area is 120 Å². The molecule has 1 aromatic carbocycles. The first kappa shape index (κ1) is 14.9. The van der Waals surface area contributed by atoms with E-state index in [1.54, 1.807) is 0 Å². The first-order chi connectivity index (χ1) is 9.74. The minimum absolute atomic E-state index is 0.0403. The fourth-order valence-electron chi connectivity index (χ4n) is 2.71. The van der Waals surface area contributed by atoms with E-state index in [4.69, 9.17) is 4.74 Å². The number of rotatable bonds is 6. The molecule has 20 heavy (non-hydrogen) atoms. The van der Waals surface area contributed by atoms with Gasteiger partial charge in [-0.15, -0.1) is 0 Å². The zero-order valence-corrected chi connectivity index (χ0v) is 12.4. The van der Waals surface area contributed by atoms with Crippen LogP contribution in [0.5, 0.6) is 5.75 Å². The molecule has 1 amide bonds. The average Bonchev–Trinajstić information content (AvgIpc) is 2.47. The predicted molar refractivity (Wildman–Crippen MR) is 80.0 cm³/mol. The molecule has 0 spiro atoms. The van der Waals surface area contributed by atoms with E-state index >= 15 is 0 Å². The molecule has 1 unspecified atom stereocenters. The molecule has 1 aliphatic rings. The van der Waals surface area contributed by atoms with Gasteiger partial charge in [0.25, 0.3) is 0 Å². The van der Waals surface area contributed by atoms with Crippen molar-refractivity contribution in [2.45, 2.75) is 38.6 Å². The normalized spacial score (nSPS) is 17.4. The second-order valence-electron chi connectivity index (χ2n) is 5.15. The third kappa shape index (κ3) is 3.73. The van der Waals surface area contributed by atoms with Gasteiger partial charge in [0.1, 0.15) is 5.75 Å². The lowest BCUT2D eigenvalue weighted by Crippen LogP contribution is -2.24. The van der Waals surface area contributed by atoms with Crippen molar-refractivity contribution >= 4 is 5.91 Å². The Morgan fingerprint density at radius 3 is 3.05 bits per heavy atom. The molecule has 1 aromatic rings. The van der Waals surface area contributed by atoms with Gasteiger partial charge >= 0.3 is 0 Å². The second-order valence-corrected chi connectivity index (χ2v) is 5.15. The molecule has 0 radical (unpaired) electrons. The summed E-state index contributed by atoms with van der Waals surface area (Å²) in [4.78, 5) is 11.4. The lowest BCUT2D eigenvalue weighted by molar-refractivity contribution is -0.121. The molecular weight excluding hydrogens is 252 g/mol. The molecule has 4 nitrogen and oxygen atoms in total. The van der Waals surface area contributed by atoms with Gasteiger partial charge in [-0.2, -0.15) is 0 Å². The van der Waals surface area contributed by atoms with E-state index in [0.29, 0.717) is 25.6 Å². The van der Waals surface area contributed by atoms with Gasteiger partial charge in [-0.25, -0.2) is 0 Å². The largest absolute Gasteiger partial charge is 0.493 e. The minimum Gasteiger partial charge on any atom is -0.493 e. The van der Waals surface area contributed by atoms with Gasteiger partial charge < -0.3 is 15.4 Å². The van der Waals surface area contributed by atoms with E-state index in [1.807, 2.05) is 20.0 Å². The Hall–Kier alpha value is -1.55. The van der Waals surface area contributed by atoms with Gasteiger partial charge in [-0.05, 0) is 56.5 Å². The van der Waals surface area contributed by atoms with E-state index in [9.17, 15) is 4.79 Å². The van der Waals surface area contributed by atoms with Gasteiger partial charge in [0.05, 0.1) is 13.0 Å². The van der Waals surface area contributed by atoms with Gasteiger partial charge in [-0.1, -0.05) is 6.07 Å². The topological polar surface area (TPSA) is 50.4 Å². The molecule has 0 aromatic heterocycles. The molecule has 1 atom stereocenters. The van der Waals surface area contributed by atoms with Crippen LogP contribution in [0.2, 0.25) is 0 Å². The molecule has 0 fully saturated rings. The maximum Gasteiger partial charge on any atom is 0.223 e. The number of carbonyl (C=O) groups is 1. The van der Waals surface area contributed by atoms with Crippen molar-refractivity contribution in [2.24, 2.45) is 0 Å². The van der Waals surface area contributed by atoms with Crippen LogP contribution in [0.4, 0.5) is 0 Å². The highest BCUT2D eigenvalue weighted by atomic mass is 16.5. The molecule has 0 bridgehead atoms. The number of aryl methyl sites for hydroxylation is 1. The SMILES string of the molecule is CCNC(=O)CCOc1ccc2c(c1)C(NC)CCC2. The maximum absolute atomic E-state index is 11.4. The van der Waals surface area contributed by atoms with Crippen LogP contribution < -0.4 is 15.4 Å². The van der Waals surface area contributed by atoms with Crippen molar-refractivity contribution in [3.05, 3.63) is 29.3 Å². The molecule has 0 aliphatic heterocycles. The van der Waals surface area contributed by atoms with Crippen LogP contribution in [0.15, 0.2) is 18.2 Å². The van der Waals surface area contributed by atoms with Crippen molar-refractivity contribution in [1.82, 2.24) is 10.6 Å². The number of hydrogen-bond donors (Lipinski definition) is 2. The standard InChI is InChI=1S/C16H24N2O2/c1-3-18-16(19)9-10-20-13-8-7-12-5-4-6-15(17-2)14(12)11-13/h7-8,11,15,17H,3-6,9-10H2,1-2H3,(H,18,19). The number of carbonyl (C=O) groups excluding carboxylic acids is 1. The Balaban J connectivity index is 1.94. The maximum atomic E-state index is 11.4. The van der Waals surface area contributed by atoms with Crippen molar-refractivity contribution in [1.29, 1.82) is 0 Å². The van der Waals surface area contributed by atoms with Gasteiger partial charge in [0.2, 0.25) is 5.91 Å². The fraction of sp³-hybridized carbons (Fsp3) is 0.562. The number of nitrogens with one attached hydrogen (secondary N) is 2. The first-order valence-corrected chi connectivity index (χ1v) is 7.44. The Morgan fingerprint density at radius 1 is 1.45 bits per heavy atom. The average molecular weight is 276 g/mol. The number of ether oxygens (including phenoxy) is 1. The fourth-order valence-corrected chi connectivity index (χ4v) is 2.71. The van der Waals surface area contributed by atoms with Crippen LogP contribution >= 0.6 is 0 Å². The molecule has 2 N–H and O–H groups in total. The van der Waals surface area contributed by atoms with Gasteiger partial charge in [0, 0.05) is 12.6 Å². The summed E-state index contributed by atoms with van der Waals surface area (Å²) in [6, 6.07) is 6.70. The quantitative estimate of drug-likeness (QED) is 0.837. The van der Waals surface area contributed by atoms with E-state index in [0.717, 1.165) is 12.2 Å². The van der Waals surface area contributed by atoms with Crippen molar-refractivity contribution in [3.8, 4) is 5.75 Å². The summed E-state index contributed by atoms with van der Waals surface area (Å²) in [5.41, 5.74) is 2.75. The smallest absolute Gasteiger partial charge is 0.223 e. The van der Waals surface area contributed by atoms with Crippen LogP contribution in [0.25, 0.3) is 0 Å². The minimum atomic E-state index is 0.0403. The van der Waals surface area contributed by atoms with Crippen molar-refractivity contribution in [2.75, 3.05) is 20.2 Å². The number of amides is 1. The van der Waals surface area contributed by atoms with Crippen LogP contribution in [-0.2, 0) is 11.2 Å². The number of hydrogen-bond acceptors (Lipinski definition) is 3. The summed E-state index contributed by atoms with van der Waals surface area (Å²) in [5, 5.41) is 6.13. The zero-order valence-electron chi connectivity index (χ0n) is 12.4. The number of benzene rings is 1. The second kappa shape index (κ2) is 7.29. The summed E-state index contributed by atoms with van der Waals surface area (Å²) in [7, 11) is 2.00. The predicted octanol–water partition coefficient (Wildman–Crippen LogP) is 2.19. The molecule has 0 heterocycles. The highest BCUT2D eigenvalue weighted by molar-refractivity contribution is 5.75. The molecule has 110 valence electrons. The third-order valence-electron chi connectivity index (χ3n) is 3.75. The summed E-state index contributed by atoms with van der Waals surface area (Å²) < 4.78 is 5.69. The summed E-state index contributed by atoms with van der Waals surface area (Å²) in [6.45, 7) is 3.01. The summed E-state index contributed by atoms with van der Waals surface area (Å²) in [6.07, 6.45) is 3.95. The van der Waals surface area contributed by atoms with Crippen LogP contribution in [-0.4, -0.2) is 26.1 Å². The monoisotopic (exact) mass is 276 g/mol.